The van der Waals surface area contributed by atoms with E-state index in [1.807, 2.05) is 4.90 Å². The number of aromatic carboxylic acids is 1. The molecule has 2 amide bonds. The minimum absolute atomic E-state index is 0.0424. The first-order valence-electron chi connectivity index (χ1n) is 8.97. The summed E-state index contributed by atoms with van der Waals surface area (Å²) in [6.07, 6.45) is 6.23. The lowest BCUT2D eigenvalue weighted by molar-refractivity contribution is -0.135. The summed E-state index contributed by atoms with van der Waals surface area (Å²) in [5.74, 6) is -0.845. The van der Waals surface area contributed by atoms with Crippen LogP contribution in [0, 0.1) is 5.92 Å². The van der Waals surface area contributed by atoms with Gasteiger partial charge in [-0.3, -0.25) is 9.59 Å². The van der Waals surface area contributed by atoms with Crippen molar-refractivity contribution in [2.45, 2.75) is 44.6 Å². The van der Waals surface area contributed by atoms with Gasteiger partial charge in [-0.1, -0.05) is 19.3 Å². The highest BCUT2D eigenvalue weighted by atomic mass is 16.4. The number of amides is 2. The SMILES string of the molecule is O=C(O)c1ccc(C(=O)NC2CCN(C(=O)C3CCCCC3)C2)cc1. The van der Waals surface area contributed by atoms with Gasteiger partial charge in [-0.15, -0.1) is 0 Å². The average molecular weight is 344 g/mol. The minimum atomic E-state index is -1.01. The Hall–Kier alpha value is -2.37. The fraction of sp³-hybridized carbons (Fsp3) is 0.526. The number of nitrogens with one attached hydrogen (secondary N) is 1. The molecule has 1 atom stereocenters. The van der Waals surface area contributed by atoms with Gasteiger partial charge in [-0.25, -0.2) is 4.79 Å². The molecule has 6 nitrogen and oxygen atoms in total. The van der Waals surface area contributed by atoms with Gasteiger partial charge in [0.1, 0.15) is 0 Å². The quantitative estimate of drug-likeness (QED) is 0.877. The Morgan fingerprint density at radius 3 is 2.24 bits per heavy atom. The Kier molecular flexibility index (Phi) is 5.36. The summed E-state index contributed by atoms with van der Waals surface area (Å²) < 4.78 is 0. The lowest BCUT2D eigenvalue weighted by atomic mass is 9.88. The molecule has 0 aromatic heterocycles. The number of benzene rings is 1. The third-order valence-corrected chi connectivity index (χ3v) is 5.18. The maximum absolute atomic E-state index is 12.6. The molecule has 1 saturated carbocycles. The molecule has 134 valence electrons. The van der Waals surface area contributed by atoms with E-state index in [1.165, 1.54) is 30.7 Å². The summed E-state index contributed by atoms with van der Waals surface area (Å²) in [6.45, 7) is 1.26. The van der Waals surface area contributed by atoms with Gasteiger partial charge in [0.15, 0.2) is 0 Å². The van der Waals surface area contributed by atoms with Crippen molar-refractivity contribution in [2.24, 2.45) is 5.92 Å². The van der Waals surface area contributed by atoms with Crippen molar-refractivity contribution >= 4 is 17.8 Å². The summed E-state index contributed by atoms with van der Waals surface area (Å²) in [4.78, 5) is 37.6. The summed E-state index contributed by atoms with van der Waals surface area (Å²) in [5.41, 5.74) is 0.587. The maximum Gasteiger partial charge on any atom is 0.335 e. The number of hydrogen-bond acceptors (Lipinski definition) is 3. The molecule has 1 saturated heterocycles. The van der Waals surface area contributed by atoms with Crippen LogP contribution in [0.25, 0.3) is 0 Å². The second-order valence-electron chi connectivity index (χ2n) is 6.96. The zero-order valence-corrected chi connectivity index (χ0v) is 14.2. The van der Waals surface area contributed by atoms with Crippen LogP contribution in [0.15, 0.2) is 24.3 Å². The second kappa shape index (κ2) is 7.68. The largest absolute Gasteiger partial charge is 0.478 e. The van der Waals surface area contributed by atoms with E-state index < -0.39 is 5.97 Å². The predicted octanol–water partition coefficient (Wildman–Crippen LogP) is 2.30. The van der Waals surface area contributed by atoms with Crippen LogP contribution in [0.3, 0.4) is 0 Å². The van der Waals surface area contributed by atoms with Crippen LogP contribution in [0.2, 0.25) is 0 Å². The maximum atomic E-state index is 12.6. The number of carbonyl (C=O) groups excluding carboxylic acids is 2. The van der Waals surface area contributed by atoms with Gasteiger partial charge in [-0.05, 0) is 43.5 Å². The molecule has 1 aliphatic heterocycles. The van der Waals surface area contributed by atoms with Crippen LogP contribution in [0.4, 0.5) is 0 Å². The van der Waals surface area contributed by atoms with Crippen LogP contribution in [-0.4, -0.2) is 46.9 Å². The molecule has 1 aromatic rings. The van der Waals surface area contributed by atoms with Crippen molar-refractivity contribution < 1.29 is 19.5 Å². The molecule has 0 spiro atoms. The lowest BCUT2D eigenvalue weighted by Gasteiger charge is -2.26. The molecule has 25 heavy (non-hydrogen) atoms. The number of carboxylic acid groups (broad SMARTS) is 1. The van der Waals surface area contributed by atoms with Crippen molar-refractivity contribution in [1.82, 2.24) is 10.2 Å². The van der Waals surface area contributed by atoms with Gasteiger partial charge in [0, 0.05) is 30.6 Å². The zero-order chi connectivity index (χ0) is 17.8. The number of carboxylic acids is 1. The molecule has 1 heterocycles. The summed E-state index contributed by atoms with van der Waals surface area (Å²) >= 11 is 0. The summed E-state index contributed by atoms with van der Waals surface area (Å²) in [7, 11) is 0. The third kappa shape index (κ3) is 4.18. The second-order valence-corrected chi connectivity index (χ2v) is 6.96. The highest BCUT2D eigenvalue weighted by Crippen LogP contribution is 2.26. The molecule has 3 rings (SSSR count). The Balaban J connectivity index is 1.52. The molecule has 1 aliphatic carbocycles. The Bertz CT molecular complexity index is 650. The van der Waals surface area contributed by atoms with Crippen molar-refractivity contribution in [2.75, 3.05) is 13.1 Å². The highest BCUT2D eigenvalue weighted by Gasteiger charge is 2.32. The minimum Gasteiger partial charge on any atom is -0.478 e. The number of likely N-dealkylation sites (tertiary alicyclic amines) is 1. The van der Waals surface area contributed by atoms with Gasteiger partial charge in [0.25, 0.3) is 5.91 Å². The van der Waals surface area contributed by atoms with Crippen LogP contribution in [-0.2, 0) is 4.79 Å². The Morgan fingerprint density at radius 1 is 0.960 bits per heavy atom. The van der Waals surface area contributed by atoms with Crippen LogP contribution in [0.5, 0.6) is 0 Å². The first-order valence-corrected chi connectivity index (χ1v) is 8.97. The molecule has 2 aliphatic rings. The first kappa shape index (κ1) is 17.5. The van der Waals surface area contributed by atoms with Crippen LogP contribution >= 0.6 is 0 Å². The summed E-state index contributed by atoms with van der Waals surface area (Å²) in [5, 5.41) is 11.8. The molecule has 0 bridgehead atoms. The smallest absolute Gasteiger partial charge is 0.335 e. The lowest BCUT2D eigenvalue weighted by Crippen LogP contribution is -2.40. The van der Waals surface area contributed by atoms with E-state index in [-0.39, 0.29) is 29.3 Å². The van der Waals surface area contributed by atoms with E-state index in [4.69, 9.17) is 5.11 Å². The van der Waals surface area contributed by atoms with Gasteiger partial charge in [-0.2, -0.15) is 0 Å². The van der Waals surface area contributed by atoms with E-state index in [9.17, 15) is 14.4 Å². The zero-order valence-electron chi connectivity index (χ0n) is 14.2. The van der Waals surface area contributed by atoms with Crippen molar-refractivity contribution in [3.8, 4) is 0 Å². The van der Waals surface area contributed by atoms with E-state index in [0.717, 1.165) is 32.1 Å². The van der Waals surface area contributed by atoms with Gasteiger partial charge in [0.2, 0.25) is 5.91 Å². The Morgan fingerprint density at radius 2 is 1.60 bits per heavy atom. The molecule has 1 aromatic carbocycles. The van der Waals surface area contributed by atoms with E-state index in [2.05, 4.69) is 5.32 Å². The van der Waals surface area contributed by atoms with Crippen LogP contribution < -0.4 is 5.32 Å². The third-order valence-electron chi connectivity index (χ3n) is 5.18. The van der Waals surface area contributed by atoms with E-state index in [1.54, 1.807) is 0 Å². The topological polar surface area (TPSA) is 86.7 Å². The van der Waals surface area contributed by atoms with Gasteiger partial charge >= 0.3 is 5.97 Å². The number of nitrogens with zero attached hydrogens (tertiary/aromatic N) is 1. The molecule has 6 heteroatoms. The molecule has 0 radical (unpaired) electrons. The number of rotatable bonds is 4. The van der Waals surface area contributed by atoms with E-state index >= 15 is 0 Å². The molecule has 1 unspecified atom stereocenters. The van der Waals surface area contributed by atoms with Crippen molar-refractivity contribution in [3.05, 3.63) is 35.4 Å². The Labute approximate surface area is 147 Å². The molecule has 2 fully saturated rings. The van der Waals surface area contributed by atoms with E-state index in [0.29, 0.717) is 18.7 Å². The van der Waals surface area contributed by atoms with Crippen molar-refractivity contribution in [1.29, 1.82) is 0 Å². The summed E-state index contributed by atoms with van der Waals surface area (Å²) in [6, 6.07) is 5.83. The predicted molar refractivity (Wildman–Crippen MR) is 92.4 cm³/mol. The standard InChI is InChI=1S/C19H24N2O4/c22-17(13-6-8-15(9-7-13)19(24)25)20-16-10-11-21(12-16)18(23)14-4-2-1-3-5-14/h6-9,14,16H,1-5,10-12H2,(H,20,22)(H,24,25). The number of carbonyl (C=O) groups is 3. The molecular weight excluding hydrogens is 320 g/mol. The molecular formula is C19H24N2O4. The number of hydrogen-bond donors (Lipinski definition) is 2. The van der Waals surface area contributed by atoms with Crippen molar-refractivity contribution in [3.63, 3.8) is 0 Å². The first-order chi connectivity index (χ1) is 12.0. The van der Waals surface area contributed by atoms with Crippen LogP contribution in [0.1, 0.15) is 59.2 Å². The fourth-order valence-corrected chi connectivity index (χ4v) is 3.72. The van der Waals surface area contributed by atoms with Gasteiger partial charge < -0.3 is 15.3 Å². The molecule has 2 N–H and O–H groups in total. The monoisotopic (exact) mass is 344 g/mol. The highest BCUT2D eigenvalue weighted by molar-refractivity contribution is 5.96. The average Bonchev–Trinajstić information content (AvgIpc) is 3.10. The van der Waals surface area contributed by atoms with Gasteiger partial charge in [0.05, 0.1) is 5.56 Å². The fourth-order valence-electron chi connectivity index (χ4n) is 3.72. The normalized spacial score (nSPS) is 21.1.